The molecular formula is C27H35NO. The van der Waals surface area contributed by atoms with E-state index in [0.29, 0.717) is 24.0 Å². The Morgan fingerprint density at radius 2 is 1.93 bits per heavy atom. The predicted octanol–water partition coefficient (Wildman–Crippen LogP) is 6.93. The molecule has 0 saturated heterocycles. The second-order valence-electron chi connectivity index (χ2n) is 8.50. The Hall–Kier alpha value is -2.22. The molecule has 0 amide bonds. The number of pyridine rings is 1. The van der Waals surface area contributed by atoms with Crippen molar-refractivity contribution < 1.29 is 4.79 Å². The van der Waals surface area contributed by atoms with E-state index in [1.807, 2.05) is 12.3 Å². The monoisotopic (exact) mass is 389 g/mol. The molecule has 1 fully saturated rings. The second kappa shape index (κ2) is 10.5. The molecule has 1 atom stereocenters. The van der Waals surface area contributed by atoms with Crippen LogP contribution < -0.4 is 0 Å². The van der Waals surface area contributed by atoms with Crippen LogP contribution in [0.5, 0.6) is 0 Å². The molecule has 2 nitrogen and oxygen atoms in total. The maximum atomic E-state index is 12.5. The number of nitrogens with zero attached hydrogens (tertiary/aromatic N) is 1. The summed E-state index contributed by atoms with van der Waals surface area (Å²) >= 11 is 0. The fraction of sp³-hybridized carbons (Fsp3) is 0.481. The predicted molar refractivity (Wildman–Crippen MR) is 122 cm³/mol. The summed E-state index contributed by atoms with van der Waals surface area (Å²) in [6.45, 7) is 6.63. The van der Waals surface area contributed by atoms with Gasteiger partial charge in [-0.25, -0.2) is 0 Å². The number of carbonyl (C=O) groups is 1. The molecular weight excluding hydrogens is 354 g/mol. The fourth-order valence-corrected chi connectivity index (χ4v) is 4.09. The molecule has 0 N–H and O–H groups in total. The number of hydrogen-bond donors (Lipinski definition) is 0. The molecule has 0 spiro atoms. The van der Waals surface area contributed by atoms with Gasteiger partial charge >= 0.3 is 0 Å². The largest absolute Gasteiger partial charge is 0.295 e. The van der Waals surface area contributed by atoms with Gasteiger partial charge in [-0.2, -0.15) is 0 Å². The van der Waals surface area contributed by atoms with Gasteiger partial charge in [0.05, 0.1) is 5.69 Å². The summed E-state index contributed by atoms with van der Waals surface area (Å²) in [7, 11) is 0. The van der Waals surface area contributed by atoms with E-state index in [2.05, 4.69) is 62.2 Å². The molecule has 0 bridgehead atoms. The van der Waals surface area contributed by atoms with Crippen molar-refractivity contribution in [2.75, 3.05) is 0 Å². The quantitative estimate of drug-likeness (QED) is 0.412. The Kier molecular flexibility index (Phi) is 7.80. The lowest BCUT2D eigenvalue weighted by molar-refractivity contribution is -0.116. The van der Waals surface area contributed by atoms with Crippen LogP contribution in [0.4, 0.5) is 0 Å². The van der Waals surface area contributed by atoms with Crippen LogP contribution in [0, 0.1) is 5.92 Å². The fourth-order valence-electron chi connectivity index (χ4n) is 4.09. The number of carbonyl (C=O) groups excluding carboxylic acids is 1. The molecule has 0 radical (unpaired) electrons. The summed E-state index contributed by atoms with van der Waals surface area (Å²) < 4.78 is 0. The zero-order valence-corrected chi connectivity index (χ0v) is 18.3. The molecule has 1 aromatic heterocycles. The zero-order chi connectivity index (χ0) is 20.6. The summed E-state index contributed by atoms with van der Waals surface area (Å²) in [6.07, 6.45) is 12.3. The van der Waals surface area contributed by atoms with E-state index >= 15 is 0 Å². The van der Waals surface area contributed by atoms with Crippen LogP contribution in [0.3, 0.4) is 0 Å². The van der Waals surface area contributed by atoms with Crippen LogP contribution in [0.25, 0.3) is 6.08 Å². The smallest absolute Gasteiger partial charge is 0.159 e. The van der Waals surface area contributed by atoms with Gasteiger partial charge < -0.3 is 0 Å². The molecule has 1 aromatic carbocycles. The van der Waals surface area contributed by atoms with Crippen molar-refractivity contribution in [3.05, 3.63) is 70.6 Å². The number of Topliss-reactive ketones (excluding diaryl/α,β-unsaturated/α-hetero) is 1. The Labute approximate surface area is 176 Å². The highest BCUT2D eigenvalue weighted by atomic mass is 16.1. The SMILES string of the molecule is CCCC(=O)/C(=C/c1ccc(CCc2ccccc2C(C)CC)cn1)C1CCC1. The number of hydrogen-bond acceptors (Lipinski definition) is 2. The number of rotatable bonds is 10. The third-order valence-corrected chi connectivity index (χ3v) is 6.38. The van der Waals surface area contributed by atoms with Gasteiger partial charge in [-0.1, -0.05) is 57.5 Å². The van der Waals surface area contributed by atoms with E-state index in [-0.39, 0.29) is 0 Å². The highest BCUT2D eigenvalue weighted by molar-refractivity contribution is 5.99. The van der Waals surface area contributed by atoms with Crippen molar-refractivity contribution in [2.24, 2.45) is 5.92 Å². The van der Waals surface area contributed by atoms with Crippen molar-refractivity contribution in [2.45, 2.75) is 78.1 Å². The summed E-state index contributed by atoms with van der Waals surface area (Å²) in [4.78, 5) is 17.2. The van der Waals surface area contributed by atoms with Crippen molar-refractivity contribution in [3.63, 3.8) is 0 Å². The van der Waals surface area contributed by atoms with Crippen LogP contribution in [-0.2, 0) is 17.6 Å². The van der Waals surface area contributed by atoms with Crippen molar-refractivity contribution in [1.82, 2.24) is 4.98 Å². The molecule has 1 heterocycles. The minimum absolute atomic E-state index is 0.310. The second-order valence-corrected chi connectivity index (χ2v) is 8.50. The highest BCUT2D eigenvalue weighted by Gasteiger charge is 2.26. The Morgan fingerprint density at radius 1 is 1.14 bits per heavy atom. The van der Waals surface area contributed by atoms with Crippen molar-refractivity contribution in [1.29, 1.82) is 0 Å². The maximum absolute atomic E-state index is 12.5. The summed E-state index contributed by atoms with van der Waals surface area (Å²) in [5, 5.41) is 0. The zero-order valence-electron chi connectivity index (χ0n) is 18.3. The summed E-state index contributed by atoms with van der Waals surface area (Å²) in [6, 6.07) is 13.1. The first-order valence-corrected chi connectivity index (χ1v) is 11.4. The van der Waals surface area contributed by atoms with Crippen molar-refractivity contribution in [3.8, 4) is 0 Å². The number of allylic oxidation sites excluding steroid dienone is 1. The highest BCUT2D eigenvalue weighted by Crippen LogP contribution is 2.35. The molecule has 1 aliphatic rings. The molecule has 29 heavy (non-hydrogen) atoms. The lowest BCUT2D eigenvalue weighted by Gasteiger charge is -2.27. The molecule has 154 valence electrons. The number of aromatic nitrogens is 1. The Morgan fingerprint density at radius 3 is 2.55 bits per heavy atom. The molecule has 1 aliphatic carbocycles. The number of aryl methyl sites for hydroxylation is 2. The van der Waals surface area contributed by atoms with Gasteiger partial charge in [-0.05, 0) is 79.2 Å². The van der Waals surface area contributed by atoms with Gasteiger partial charge in [0.1, 0.15) is 0 Å². The molecule has 2 heteroatoms. The number of ketones is 1. The summed E-state index contributed by atoms with van der Waals surface area (Å²) in [5.74, 6) is 1.36. The van der Waals surface area contributed by atoms with Gasteiger partial charge in [0.2, 0.25) is 0 Å². The molecule has 1 saturated carbocycles. The van der Waals surface area contributed by atoms with Gasteiger partial charge in [0.25, 0.3) is 0 Å². The third-order valence-electron chi connectivity index (χ3n) is 6.38. The van der Waals surface area contributed by atoms with E-state index in [4.69, 9.17) is 0 Å². The van der Waals surface area contributed by atoms with Gasteiger partial charge in [0.15, 0.2) is 5.78 Å². The molecule has 3 rings (SSSR count). The van der Waals surface area contributed by atoms with Crippen LogP contribution >= 0.6 is 0 Å². The van der Waals surface area contributed by atoms with E-state index in [1.54, 1.807) is 0 Å². The normalized spacial score (nSPS) is 15.8. The van der Waals surface area contributed by atoms with Gasteiger partial charge in [-0.3, -0.25) is 9.78 Å². The average molecular weight is 390 g/mol. The van der Waals surface area contributed by atoms with Crippen LogP contribution in [0.1, 0.15) is 87.6 Å². The first kappa shape index (κ1) is 21.5. The minimum Gasteiger partial charge on any atom is -0.295 e. The Balaban J connectivity index is 1.68. The molecule has 2 aromatic rings. The topological polar surface area (TPSA) is 30.0 Å². The van der Waals surface area contributed by atoms with E-state index in [1.165, 1.54) is 29.5 Å². The van der Waals surface area contributed by atoms with E-state index in [9.17, 15) is 4.79 Å². The van der Waals surface area contributed by atoms with Gasteiger partial charge in [0, 0.05) is 18.2 Å². The third kappa shape index (κ3) is 5.65. The molecule has 0 aliphatic heterocycles. The lowest BCUT2D eigenvalue weighted by Crippen LogP contribution is -2.19. The summed E-state index contributed by atoms with van der Waals surface area (Å²) in [5.41, 5.74) is 6.09. The molecule has 1 unspecified atom stereocenters. The van der Waals surface area contributed by atoms with Crippen LogP contribution in [-0.4, -0.2) is 10.8 Å². The van der Waals surface area contributed by atoms with Crippen LogP contribution in [0.2, 0.25) is 0 Å². The van der Waals surface area contributed by atoms with Crippen LogP contribution in [0.15, 0.2) is 48.2 Å². The first-order chi connectivity index (χ1) is 14.1. The van der Waals surface area contributed by atoms with E-state index < -0.39 is 0 Å². The van der Waals surface area contributed by atoms with Gasteiger partial charge in [-0.15, -0.1) is 0 Å². The minimum atomic E-state index is 0.310. The number of benzene rings is 1. The maximum Gasteiger partial charge on any atom is 0.159 e. The standard InChI is InChI=1S/C27H35NO/c1-4-9-27(29)26(22-11-8-12-22)18-24-17-15-21(19-28-24)14-16-23-10-6-7-13-25(23)20(3)5-2/h6-7,10,13,15,17-20,22H,4-5,8-9,11-12,14,16H2,1-3H3/b26-18+. The van der Waals surface area contributed by atoms with E-state index in [0.717, 1.165) is 43.4 Å². The lowest BCUT2D eigenvalue weighted by atomic mass is 9.77. The van der Waals surface area contributed by atoms with Crippen molar-refractivity contribution >= 4 is 11.9 Å². The first-order valence-electron chi connectivity index (χ1n) is 11.4. The Bertz CT molecular complexity index is 830. The average Bonchev–Trinajstić information content (AvgIpc) is 2.71.